The van der Waals surface area contributed by atoms with Gasteiger partial charge in [0.15, 0.2) is 0 Å². The van der Waals surface area contributed by atoms with E-state index in [-0.39, 0.29) is 29.8 Å². The first-order valence-corrected chi connectivity index (χ1v) is 14.2. The number of carbonyl (C=O) groups is 2. The summed E-state index contributed by atoms with van der Waals surface area (Å²) < 4.78 is 53.0. The van der Waals surface area contributed by atoms with Crippen molar-refractivity contribution in [3.8, 4) is 17.2 Å². The summed E-state index contributed by atoms with van der Waals surface area (Å²) >= 11 is 0. The van der Waals surface area contributed by atoms with Gasteiger partial charge in [0.2, 0.25) is 5.91 Å². The van der Waals surface area contributed by atoms with Crippen molar-refractivity contribution in [3.05, 3.63) is 107 Å². The van der Waals surface area contributed by atoms with Crippen LogP contribution in [0.2, 0.25) is 0 Å². The van der Waals surface area contributed by atoms with Gasteiger partial charge in [-0.15, -0.1) is 13.2 Å². The molecule has 0 bridgehead atoms. The van der Waals surface area contributed by atoms with E-state index >= 15 is 0 Å². The van der Waals surface area contributed by atoms with Crippen LogP contribution in [0, 0.1) is 0 Å². The maximum Gasteiger partial charge on any atom is 0.573 e. The number of aromatic amines is 1. The number of H-pyrrole nitrogens is 1. The number of carbonyl (C=O) groups excluding carboxylic acids is 2. The highest BCUT2D eigenvalue weighted by molar-refractivity contribution is 6.00. The van der Waals surface area contributed by atoms with E-state index in [0.717, 1.165) is 22.4 Å². The Morgan fingerprint density at radius 1 is 1.04 bits per heavy atom. The normalized spacial score (nSPS) is 15.7. The predicted octanol–water partition coefficient (Wildman–Crippen LogP) is 4.54. The number of para-hydroxylation sites is 1. The zero-order chi connectivity index (χ0) is 32.0. The number of ether oxygens (including phenoxy) is 3. The summed E-state index contributed by atoms with van der Waals surface area (Å²) in [5, 5.41) is 6.35. The van der Waals surface area contributed by atoms with Crippen LogP contribution < -0.4 is 30.6 Å². The number of alkyl halides is 3. The number of amides is 2. The van der Waals surface area contributed by atoms with Gasteiger partial charge in [-0.3, -0.25) is 9.59 Å². The van der Waals surface area contributed by atoms with Gasteiger partial charge in [-0.1, -0.05) is 36.4 Å². The minimum absolute atomic E-state index is 0.195. The first-order chi connectivity index (χ1) is 21.6. The van der Waals surface area contributed by atoms with Crippen LogP contribution in [0.15, 0.2) is 79.3 Å². The third-order valence-corrected chi connectivity index (χ3v) is 7.46. The molecule has 3 atom stereocenters. The number of primary amides is 1. The van der Waals surface area contributed by atoms with Crippen LogP contribution in [-0.4, -0.2) is 47.9 Å². The highest BCUT2D eigenvalue weighted by atomic mass is 19.4. The molecule has 45 heavy (non-hydrogen) atoms. The number of fused-ring (bicyclic) bond motifs is 1. The first-order valence-electron chi connectivity index (χ1n) is 14.2. The van der Waals surface area contributed by atoms with Gasteiger partial charge in [0.25, 0.3) is 5.91 Å². The summed E-state index contributed by atoms with van der Waals surface area (Å²) in [5.74, 6) is -0.425. The fraction of sp³-hybridized carbons (Fsp3) is 0.281. The maximum absolute atomic E-state index is 13.5. The smallest absolute Gasteiger partial charge is 0.497 e. The molecule has 0 radical (unpaired) electrons. The van der Waals surface area contributed by atoms with Crippen LogP contribution in [0.5, 0.6) is 17.2 Å². The number of rotatable bonds is 12. The van der Waals surface area contributed by atoms with Crippen LogP contribution in [0.4, 0.5) is 13.2 Å². The summed E-state index contributed by atoms with van der Waals surface area (Å²) in [5.41, 5.74) is 8.99. The second kappa shape index (κ2) is 13.7. The minimum Gasteiger partial charge on any atom is -0.497 e. The lowest BCUT2D eigenvalue weighted by Gasteiger charge is -2.31. The zero-order valence-corrected chi connectivity index (χ0v) is 24.3. The third kappa shape index (κ3) is 8.12. The quantitative estimate of drug-likeness (QED) is 0.182. The monoisotopic (exact) mass is 623 g/mol. The van der Waals surface area contributed by atoms with Crippen molar-refractivity contribution < 1.29 is 37.0 Å². The fourth-order valence-corrected chi connectivity index (χ4v) is 5.25. The van der Waals surface area contributed by atoms with Gasteiger partial charge in [0, 0.05) is 30.6 Å². The number of nitrogens with one attached hydrogen (secondary N) is 3. The van der Waals surface area contributed by atoms with Crippen LogP contribution in [0.25, 0.3) is 0 Å². The molecule has 0 saturated carbocycles. The molecule has 2 amide bonds. The molecule has 13 heteroatoms. The van der Waals surface area contributed by atoms with Gasteiger partial charge in [0.05, 0.1) is 37.3 Å². The van der Waals surface area contributed by atoms with Crippen LogP contribution in [0.3, 0.4) is 0 Å². The lowest BCUT2D eigenvalue weighted by molar-refractivity contribution is -0.274. The molecule has 0 aliphatic carbocycles. The summed E-state index contributed by atoms with van der Waals surface area (Å²) in [6.07, 6.45) is -0.345. The lowest BCUT2D eigenvalue weighted by Crippen LogP contribution is -2.46. The minimum atomic E-state index is -4.77. The molecule has 1 aromatic heterocycles. The molecule has 236 valence electrons. The van der Waals surface area contributed by atoms with Crippen molar-refractivity contribution in [2.75, 3.05) is 13.7 Å². The van der Waals surface area contributed by atoms with Gasteiger partial charge in [-0.05, 0) is 47.9 Å². The summed E-state index contributed by atoms with van der Waals surface area (Å²) in [4.78, 5) is 33.0. The van der Waals surface area contributed by atoms with Gasteiger partial charge < -0.3 is 35.6 Å². The largest absolute Gasteiger partial charge is 0.573 e. The van der Waals surface area contributed by atoms with Crippen LogP contribution in [0.1, 0.15) is 51.2 Å². The highest BCUT2D eigenvalue weighted by Crippen LogP contribution is 2.37. The number of hydrogen-bond donors (Lipinski definition) is 4. The summed E-state index contributed by atoms with van der Waals surface area (Å²) in [6.45, 7) is 0.319. The van der Waals surface area contributed by atoms with Crippen molar-refractivity contribution in [2.45, 2.75) is 43.8 Å². The number of methoxy groups -OCH3 is 1. The number of aromatic nitrogens is 2. The first kappa shape index (κ1) is 31.4. The molecule has 5 rings (SSSR count). The number of nitrogens with zero attached hydrogens (tertiary/aromatic N) is 1. The van der Waals surface area contributed by atoms with Gasteiger partial charge >= 0.3 is 6.36 Å². The molecule has 2 unspecified atom stereocenters. The average Bonchev–Trinajstić information content (AvgIpc) is 3.56. The Morgan fingerprint density at radius 3 is 2.36 bits per heavy atom. The Hall–Kier alpha value is -5.04. The van der Waals surface area contributed by atoms with Crippen molar-refractivity contribution in [3.63, 3.8) is 0 Å². The SMILES string of the molecule is COc1ccc(C[C@H](NC(=O)c2cccc3c2OCCC3NC(Cc2ccc(OC(F)(F)F)cc2)c2cnc[nH]2)C(N)=O)cc1. The van der Waals surface area contributed by atoms with E-state index in [2.05, 4.69) is 25.3 Å². The topological polar surface area (TPSA) is 141 Å². The van der Waals surface area contributed by atoms with E-state index in [4.69, 9.17) is 15.2 Å². The molecule has 10 nitrogen and oxygen atoms in total. The Labute approximate surface area is 257 Å². The molecule has 0 saturated heterocycles. The maximum atomic E-state index is 13.5. The molecule has 0 fully saturated rings. The molecule has 2 heterocycles. The zero-order valence-electron chi connectivity index (χ0n) is 24.3. The van der Waals surface area contributed by atoms with E-state index in [0.29, 0.717) is 30.9 Å². The van der Waals surface area contributed by atoms with Crippen molar-refractivity contribution in [1.29, 1.82) is 0 Å². The number of hydrogen-bond acceptors (Lipinski definition) is 7. The second-order valence-electron chi connectivity index (χ2n) is 10.5. The van der Waals surface area contributed by atoms with Crippen molar-refractivity contribution in [2.24, 2.45) is 5.73 Å². The molecule has 1 aliphatic heterocycles. The number of imidazole rings is 1. The third-order valence-electron chi connectivity index (χ3n) is 7.46. The molecule has 0 spiro atoms. The highest BCUT2D eigenvalue weighted by Gasteiger charge is 2.32. The standard InChI is InChI=1S/C32H32F3N5O5/c1-43-21-9-5-20(6-10-21)16-27(30(36)41)40-31(42)24-4-2-3-23-25(13-14-44-29(23)24)39-26(28-17-37-18-38-28)15-19-7-11-22(12-8-19)45-32(33,34)35/h2-12,17-18,25-27,39H,13-16H2,1H3,(H2,36,41)(H,37,38)(H,40,42)/t25?,26?,27-/m0/s1. The van der Waals surface area contributed by atoms with Crippen molar-refractivity contribution in [1.82, 2.24) is 20.6 Å². The van der Waals surface area contributed by atoms with Gasteiger partial charge in [0.1, 0.15) is 23.3 Å². The molecular formula is C32H32F3N5O5. The predicted molar refractivity (Wildman–Crippen MR) is 158 cm³/mol. The fourth-order valence-electron chi connectivity index (χ4n) is 5.25. The Kier molecular flexibility index (Phi) is 9.57. The van der Waals surface area contributed by atoms with Gasteiger partial charge in [-0.2, -0.15) is 0 Å². The van der Waals surface area contributed by atoms with E-state index in [1.807, 2.05) is 6.07 Å². The number of benzene rings is 3. The molecule has 3 aromatic carbocycles. The molecule has 4 aromatic rings. The van der Waals surface area contributed by atoms with E-state index < -0.39 is 24.2 Å². The average molecular weight is 624 g/mol. The molecular weight excluding hydrogens is 591 g/mol. The Bertz CT molecular complexity index is 1600. The second-order valence-corrected chi connectivity index (χ2v) is 10.5. The van der Waals surface area contributed by atoms with Crippen LogP contribution in [-0.2, 0) is 17.6 Å². The summed E-state index contributed by atoms with van der Waals surface area (Å²) in [6, 6.07) is 16.5. The molecule has 1 aliphatic rings. The van der Waals surface area contributed by atoms with Crippen LogP contribution >= 0.6 is 0 Å². The van der Waals surface area contributed by atoms with Gasteiger partial charge in [-0.25, -0.2) is 4.98 Å². The van der Waals surface area contributed by atoms with E-state index in [1.165, 1.54) is 12.1 Å². The number of halogens is 3. The summed E-state index contributed by atoms with van der Waals surface area (Å²) in [7, 11) is 1.56. The molecule has 5 N–H and O–H groups in total. The Balaban J connectivity index is 1.33. The number of nitrogens with two attached hydrogens (primary N) is 1. The van der Waals surface area contributed by atoms with E-state index in [9.17, 15) is 22.8 Å². The Morgan fingerprint density at radius 2 is 1.73 bits per heavy atom. The van der Waals surface area contributed by atoms with E-state index in [1.54, 1.807) is 68.2 Å². The van der Waals surface area contributed by atoms with Crippen molar-refractivity contribution >= 4 is 11.8 Å². The lowest BCUT2D eigenvalue weighted by atomic mass is 9.94.